The third kappa shape index (κ3) is 3.17. The maximum absolute atomic E-state index is 11.9. The summed E-state index contributed by atoms with van der Waals surface area (Å²) in [6.45, 7) is 4.49. The summed E-state index contributed by atoms with van der Waals surface area (Å²) < 4.78 is 0. The lowest BCUT2D eigenvalue weighted by atomic mass is 10.1. The van der Waals surface area contributed by atoms with Crippen LogP contribution in [0.4, 0.5) is 0 Å². The van der Waals surface area contributed by atoms with Gasteiger partial charge in [0.15, 0.2) is 0 Å². The quantitative estimate of drug-likeness (QED) is 0.896. The zero-order valence-corrected chi connectivity index (χ0v) is 10.6. The number of hydrogen-bond donors (Lipinski definition) is 1. The predicted octanol–water partition coefficient (Wildman–Crippen LogP) is 2.63. The summed E-state index contributed by atoms with van der Waals surface area (Å²) in [7, 11) is 0. The van der Waals surface area contributed by atoms with Gasteiger partial charge in [-0.1, -0.05) is 23.8 Å². The van der Waals surface area contributed by atoms with E-state index in [0.29, 0.717) is 12.1 Å². The van der Waals surface area contributed by atoms with E-state index in [1.165, 1.54) is 0 Å². The summed E-state index contributed by atoms with van der Waals surface area (Å²) >= 11 is 0. The topological polar surface area (TPSA) is 42.0 Å². The number of hydrogen-bond acceptors (Lipinski definition) is 2. The number of benzene rings is 1. The molecule has 1 N–H and O–H groups in total. The summed E-state index contributed by atoms with van der Waals surface area (Å²) in [4.78, 5) is 16.0. The Bertz CT molecular complexity index is 547. The van der Waals surface area contributed by atoms with Crippen LogP contribution in [0.2, 0.25) is 0 Å². The van der Waals surface area contributed by atoms with Crippen LogP contribution in [0, 0.1) is 13.8 Å². The number of pyridine rings is 1. The van der Waals surface area contributed by atoms with Gasteiger partial charge < -0.3 is 5.32 Å². The summed E-state index contributed by atoms with van der Waals surface area (Å²) in [5.74, 6) is -0.0588. The fourth-order valence-electron chi connectivity index (χ4n) is 1.70. The van der Waals surface area contributed by atoms with Crippen LogP contribution in [0.5, 0.6) is 0 Å². The molecule has 1 heterocycles. The zero-order chi connectivity index (χ0) is 13.0. The van der Waals surface area contributed by atoms with Gasteiger partial charge in [0.1, 0.15) is 0 Å². The number of aromatic nitrogens is 1. The highest BCUT2D eigenvalue weighted by Gasteiger charge is 2.04. The Kier molecular flexibility index (Phi) is 3.72. The normalized spacial score (nSPS) is 10.1. The van der Waals surface area contributed by atoms with E-state index < -0.39 is 0 Å². The van der Waals surface area contributed by atoms with Gasteiger partial charge in [0.2, 0.25) is 0 Å². The van der Waals surface area contributed by atoms with Crippen molar-refractivity contribution in [3.8, 4) is 0 Å². The maximum Gasteiger partial charge on any atom is 0.251 e. The first-order valence-electron chi connectivity index (χ1n) is 5.90. The van der Waals surface area contributed by atoms with Crippen LogP contribution >= 0.6 is 0 Å². The number of aryl methyl sites for hydroxylation is 2. The molecule has 1 aromatic carbocycles. The molecule has 0 aliphatic rings. The van der Waals surface area contributed by atoms with E-state index in [2.05, 4.69) is 10.3 Å². The molecule has 0 radical (unpaired) electrons. The number of carbonyl (C=O) groups excluding carboxylic acids is 1. The van der Waals surface area contributed by atoms with Gasteiger partial charge in [-0.3, -0.25) is 9.78 Å². The standard InChI is InChI=1S/C15H16N2O/c1-11-3-5-14(6-4-11)15(18)17-10-13-7-12(2)8-16-9-13/h3-9H,10H2,1-2H3,(H,17,18). The fourth-order valence-corrected chi connectivity index (χ4v) is 1.70. The molecule has 3 heteroatoms. The SMILES string of the molecule is Cc1ccc(C(=O)NCc2cncc(C)c2)cc1. The van der Waals surface area contributed by atoms with Gasteiger partial charge in [0, 0.05) is 24.5 Å². The van der Waals surface area contributed by atoms with Crippen LogP contribution in [-0.4, -0.2) is 10.9 Å². The van der Waals surface area contributed by atoms with E-state index >= 15 is 0 Å². The van der Waals surface area contributed by atoms with E-state index in [1.807, 2.05) is 44.2 Å². The summed E-state index contributed by atoms with van der Waals surface area (Å²) in [5.41, 5.74) is 3.93. The number of rotatable bonds is 3. The third-order valence-corrected chi connectivity index (χ3v) is 2.70. The van der Waals surface area contributed by atoms with Crippen molar-refractivity contribution < 1.29 is 4.79 Å². The van der Waals surface area contributed by atoms with Crippen LogP contribution < -0.4 is 5.32 Å². The van der Waals surface area contributed by atoms with Gasteiger partial charge in [0.25, 0.3) is 5.91 Å². The Labute approximate surface area is 107 Å². The second-order valence-electron chi connectivity index (χ2n) is 4.42. The minimum absolute atomic E-state index is 0.0588. The van der Waals surface area contributed by atoms with Crippen LogP contribution in [0.1, 0.15) is 27.0 Å². The highest BCUT2D eigenvalue weighted by atomic mass is 16.1. The first kappa shape index (κ1) is 12.3. The molecule has 1 aromatic heterocycles. The van der Waals surface area contributed by atoms with Gasteiger partial charge in [-0.15, -0.1) is 0 Å². The summed E-state index contributed by atoms with van der Waals surface area (Å²) in [6.07, 6.45) is 3.56. The van der Waals surface area contributed by atoms with Crippen LogP contribution in [0.15, 0.2) is 42.7 Å². The molecule has 0 saturated heterocycles. The average molecular weight is 240 g/mol. The maximum atomic E-state index is 11.9. The Morgan fingerprint density at radius 1 is 1.11 bits per heavy atom. The van der Waals surface area contributed by atoms with Crippen molar-refractivity contribution in [2.45, 2.75) is 20.4 Å². The van der Waals surface area contributed by atoms with Crippen molar-refractivity contribution in [2.24, 2.45) is 0 Å². The van der Waals surface area contributed by atoms with Crippen molar-refractivity contribution >= 4 is 5.91 Å². The van der Waals surface area contributed by atoms with E-state index in [0.717, 1.165) is 16.7 Å². The summed E-state index contributed by atoms with van der Waals surface area (Å²) in [6, 6.07) is 9.55. The smallest absolute Gasteiger partial charge is 0.251 e. The van der Waals surface area contributed by atoms with Crippen molar-refractivity contribution in [3.63, 3.8) is 0 Å². The van der Waals surface area contributed by atoms with Crippen molar-refractivity contribution in [1.29, 1.82) is 0 Å². The molecule has 0 aliphatic heterocycles. The largest absolute Gasteiger partial charge is 0.348 e. The molecule has 0 fully saturated rings. The molecule has 0 atom stereocenters. The number of carbonyl (C=O) groups is 1. The Hall–Kier alpha value is -2.16. The van der Waals surface area contributed by atoms with E-state index in [9.17, 15) is 4.79 Å². The van der Waals surface area contributed by atoms with Crippen molar-refractivity contribution in [3.05, 3.63) is 65.0 Å². The molecule has 2 aromatic rings. The first-order valence-corrected chi connectivity index (χ1v) is 5.90. The zero-order valence-electron chi connectivity index (χ0n) is 10.6. The summed E-state index contributed by atoms with van der Waals surface area (Å²) in [5, 5.41) is 2.88. The number of amides is 1. The van der Waals surface area contributed by atoms with E-state index in [1.54, 1.807) is 12.4 Å². The molecule has 0 aliphatic carbocycles. The van der Waals surface area contributed by atoms with Crippen LogP contribution in [-0.2, 0) is 6.54 Å². The van der Waals surface area contributed by atoms with E-state index in [-0.39, 0.29) is 5.91 Å². The van der Waals surface area contributed by atoms with Gasteiger partial charge in [0.05, 0.1) is 0 Å². The van der Waals surface area contributed by atoms with Gasteiger partial charge in [-0.25, -0.2) is 0 Å². The third-order valence-electron chi connectivity index (χ3n) is 2.70. The van der Waals surface area contributed by atoms with Gasteiger partial charge >= 0.3 is 0 Å². The molecule has 18 heavy (non-hydrogen) atoms. The molecule has 0 spiro atoms. The first-order chi connectivity index (χ1) is 8.65. The minimum Gasteiger partial charge on any atom is -0.348 e. The van der Waals surface area contributed by atoms with Crippen molar-refractivity contribution in [1.82, 2.24) is 10.3 Å². The van der Waals surface area contributed by atoms with Crippen LogP contribution in [0.25, 0.3) is 0 Å². The lowest BCUT2D eigenvalue weighted by Gasteiger charge is -2.06. The average Bonchev–Trinajstić information content (AvgIpc) is 2.37. The highest BCUT2D eigenvalue weighted by molar-refractivity contribution is 5.94. The molecule has 92 valence electrons. The second-order valence-corrected chi connectivity index (χ2v) is 4.42. The molecule has 2 rings (SSSR count). The predicted molar refractivity (Wildman–Crippen MR) is 71.3 cm³/mol. The highest BCUT2D eigenvalue weighted by Crippen LogP contribution is 2.04. The molecule has 0 bridgehead atoms. The Morgan fingerprint density at radius 2 is 1.83 bits per heavy atom. The van der Waals surface area contributed by atoms with Crippen molar-refractivity contribution in [2.75, 3.05) is 0 Å². The second kappa shape index (κ2) is 5.45. The lowest BCUT2D eigenvalue weighted by Crippen LogP contribution is -2.22. The minimum atomic E-state index is -0.0588. The molecular formula is C15H16N2O. The number of nitrogens with zero attached hydrogens (tertiary/aromatic N) is 1. The molecular weight excluding hydrogens is 224 g/mol. The molecule has 3 nitrogen and oxygen atoms in total. The molecule has 0 unspecified atom stereocenters. The fraction of sp³-hybridized carbons (Fsp3) is 0.200. The van der Waals surface area contributed by atoms with E-state index in [4.69, 9.17) is 0 Å². The lowest BCUT2D eigenvalue weighted by molar-refractivity contribution is 0.0951. The molecule has 0 saturated carbocycles. The van der Waals surface area contributed by atoms with Gasteiger partial charge in [-0.05, 0) is 37.1 Å². The Morgan fingerprint density at radius 3 is 2.50 bits per heavy atom. The number of nitrogens with one attached hydrogen (secondary N) is 1. The van der Waals surface area contributed by atoms with Crippen LogP contribution in [0.3, 0.4) is 0 Å². The van der Waals surface area contributed by atoms with Gasteiger partial charge in [-0.2, -0.15) is 0 Å². The monoisotopic (exact) mass is 240 g/mol. The Balaban J connectivity index is 1.98. The molecule has 1 amide bonds.